The number of hydrogen-bond acceptors (Lipinski definition) is 4. The summed E-state index contributed by atoms with van der Waals surface area (Å²) in [7, 11) is 0. The van der Waals surface area contributed by atoms with E-state index < -0.39 is 0 Å². The van der Waals surface area contributed by atoms with Gasteiger partial charge in [-0.25, -0.2) is 0 Å². The second kappa shape index (κ2) is 6.00. The van der Waals surface area contributed by atoms with Crippen LogP contribution >= 0.6 is 0 Å². The fourth-order valence-electron chi connectivity index (χ4n) is 2.31. The van der Waals surface area contributed by atoms with Gasteiger partial charge in [-0.05, 0) is 32.1 Å². The molecule has 1 saturated carbocycles. The molecular weight excluding hydrogens is 230 g/mol. The zero-order valence-corrected chi connectivity index (χ0v) is 10.8. The maximum Gasteiger partial charge on any atom is 0.273 e. The van der Waals surface area contributed by atoms with Crippen molar-refractivity contribution in [2.75, 3.05) is 0 Å². The molecule has 2 rings (SSSR count). The molecule has 0 aliphatic heterocycles. The molecule has 1 aromatic rings. The smallest absolute Gasteiger partial charge is 0.273 e. The summed E-state index contributed by atoms with van der Waals surface area (Å²) in [6, 6.07) is 2.25. The molecule has 3 N–H and O–H groups in total. The van der Waals surface area contributed by atoms with Gasteiger partial charge in [-0.2, -0.15) is 0 Å². The van der Waals surface area contributed by atoms with Crippen molar-refractivity contribution in [3.63, 3.8) is 0 Å². The predicted octanol–water partition coefficient (Wildman–Crippen LogP) is 1.63. The number of nitrogens with two attached hydrogens (primary N) is 1. The quantitative estimate of drug-likeness (QED) is 0.852. The first-order valence-electron chi connectivity index (χ1n) is 6.71. The third-order valence-electron chi connectivity index (χ3n) is 3.40. The molecule has 100 valence electrons. The second-order valence-corrected chi connectivity index (χ2v) is 5.01. The average molecular weight is 251 g/mol. The van der Waals surface area contributed by atoms with Gasteiger partial charge in [0.2, 0.25) is 0 Å². The molecule has 1 aromatic heterocycles. The van der Waals surface area contributed by atoms with Gasteiger partial charge in [0, 0.05) is 24.6 Å². The minimum absolute atomic E-state index is 0.137. The highest BCUT2D eigenvalue weighted by molar-refractivity contribution is 5.92. The molecule has 1 fully saturated rings. The molecule has 18 heavy (non-hydrogen) atoms. The van der Waals surface area contributed by atoms with Crippen molar-refractivity contribution in [2.24, 2.45) is 5.73 Å². The Morgan fingerprint density at radius 3 is 2.89 bits per heavy atom. The summed E-state index contributed by atoms with van der Waals surface area (Å²) in [6.45, 7) is 2.06. The number of carbonyl (C=O) groups excluding carboxylic acids is 1. The highest BCUT2D eigenvalue weighted by Crippen LogP contribution is 2.17. The van der Waals surface area contributed by atoms with Crippen LogP contribution in [0.15, 0.2) is 10.6 Å². The van der Waals surface area contributed by atoms with E-state index in [1.807, 2.05) is 0 Å². The van der Waals surface area contributed by atoms with Crippen LogP contribution < -0.4 is 11.1 Å². The van der Waals surface area contributed by atoms with E-state index in [0.29, 0.717) is 11.7 Å². The fourth-order valence-corrected chi connectivity index (χ4v) is 2.31. The van der Waals surface area contributed by atoms with E-state index in [-0.39, 0.29) is 11.9 Å². The van der Waals surface area contributed by atoms with Gasteiger partial charge in [-0.3, -0.25) is 4.79 Å². The second-order valence-electron chi connectivity index (χ2n) is 5.01. The van der Waals surface area contributed by atoms with E-state index in [0.717, 1.165) is 44.3 Å². The summed E-state index contributed by atoms with van der Waals surface area (Å²) in [4.78, 5) is 11.9. The Morgan fingerprint density at radius 1 is 1.50 bits per heavy atom. The van der Waals surface area contributed by atoms with Crippen molar-refractivity contribution in [1.82, 2.24) is 10.5 Å². The van der Waals surface area contributed by atoms with Crippen molar-refractivity contribution in [1.29, 1.82) is 0 Å². The number of amides is 1. The lowest BCUT2D eigenvalue weighted by Gasteiger charge is -2.26. The molecule has 0 bridgehead atoms. The Balaban J connectivity index is 1.86. The average Bonchev–Trinajstić information content (AvgIpc) is 2.81. The zero-order valence-electron chi connectivity index (χ0n) is 10.8. The highest BCUT2D eigenvalue weighted by Gasteiger charge is 2.21. The summed E-state index contributed by atoms with van der Waals surface area (Å²) >= 11 is 0. The van der Waals surface area contributed by atoms with E-state index in [4.69, 9.17) is 10.3 Å². The van der Waals surface area contributed by atoms with E-state index in [2.05, 4.69) is 17.4 Å². The largest absolute Gasteiger partial charge is 0.361 e. The van der Waals surface area contributed by atoms with Crippen molar-refractivity contribution in [3.05, 3.63) is 17.5 Å². The minimum Gasteiger partial charge on any atom is -0.361 e. The minimum atomic E-state index is -0.137. The Labute approximate surface area is 107 Å². The number of nitrogens with one attached hydrogen (secondary N) is 1. The van der Waals surface area contributed by atoms with Crippen molar-refractivity contribution in [2.45, 2.75) is 57.5 Å². The molecule has 0 atom stereocenters. The molecule has 0 saturated heterocycles. The van der Waals surface area contributed by atoms with Gasteiger partial charge >= 0.3 is 0 Å². The van der Waals surface area contributed by atoms with Crippen molar-refractivity contribution >= 4 is 5.91 Å². The van der Waals surface area contributed by atoms with Gasteiger partial charge < -0.3 is 15.6 Å². The Kier molecular flexibility index (Phi) is 4.36. The molecule has 1 aliphatic carbocycles. The van der Waals surface area contributed by atoms with E-state index >= 15 is 0 Å². The lowest BCUT2D eigenvalue weighted by molar-refractivity contribution is 0.0916. The zero-order chi connectivity index (χ0) is 13.0. The SMILES string of the molecule is CCCc1cc(C(=O)NC2CCC(N)CC2)no1. The van der Waals surface area contributed by atoms with Gasteiger partial charge in [-0.15, -0.1) is 0 Å². The number of carbonyl (C=O) groups is 1. The summed E-state index contributed by atoms with van der Waals surface area (Å²) in [5.74, 6) is 0.634. The van der Waals surface area contributed by atoms with E-state index in [1.165, 1.54) is 0 Å². The lowest BCUT2D eigenvalue weighted by atomic mass is 9.92. The topological polar surface area (TPSA) is 81.2 Å². The number of hydrogen-bond donors (Lipinski definition) is 2. The predicted molar refractivity (Wildman–Crippen MR) is 68.2 cm³/mol. The standard InChI is InChI=1S/C13H21N3O2/c1-2-3-11-8-12(16-18-11)13(17)15-10-6-4-9(14)5-7-10/h8-10H,2-7,14H2,1H3,(H,15,17). The van der Waals surface area contributed by atoms with Gasteiger partial charge in [0.05, 0.1) is 0 Å². The van der Waals surface area contributed by atoms with Crippen molar-refractivity contribution in [3.8, 4) is 0 Å². The number of aryl methyl sites for hydroxylation is 1. The van der Waals surface area contributed by atoms with Gasteiger partial charge in [0.25, 0.3) is 5.91 Å². The molecule has 1 amide bonds. The summed E-state index contributed by atoms with van der Waals surface area (Å²) in [5.41, 5.74) is 6.22. The van der Waals surface area contributed by atoms with Crippen molar-refractivity contribution < 1.29 is 9.32 Å². The third kappa shape index (κ3) is 3.32. The van der Waals surface area contributed by atoms with Gasteiger partial charge in [-0.1, -0.05) is 12.1 Å². The monoisotopic (exact) mass is 251 g/mol. The Morgan fingerprint density at radius 2 is 2.22 bits per heavy atom. The molecular formula is C13H21N3O2. The van der Waals surface area contributed by atoms with Crippen LogP contribution in [0.2, 0.25) is 0 Å². The third-order valence-corrected chi connectivity index (χ3v) is 3.40. The van der Waals surface area contributed by atoms with Crippen LogP contribution in [-0.4, -0.2) is 23.1 Å². The summed E-state index contributed by atoms with van der Waals surface area (Å²) in [5, 5.41) is 6.80. The lowest BCUT2D eigenvalue weighted by Crippen LogP contribution is -2.40. The first kappa shape index (κ1) is 13.1. The number of rotatable bonds is 4. The van der Waals surface area contributed by atoms with Crippen LogP contribution in [0.25, 0.3) is 0 Å². The summed E-state index contributed by atoms with van der Waals surface area (Å²) in [6.07, 6.45) is 5.66. The maximum atomic E-state index is 11.9. The Hall–Kier alpha value is -1.36. The molecule has 0 radical (unpaired) electrons. The summed E-state index contributed by atoms with van der Waals surface area (Å²) < 4.78 is 5.10. The van der Waals surface area contributed by atoms with Crippen LogP contribution in [-0.2, 0) is 6.42 Å². The number of aromatic nitrogens is 1. The molecule has 0 aromatic carbocycles. The van der Waals surface area contributed by atoms with Gasteiger partial charge in [0.15, 0.2) is 5.69 Å². The van der Waals surface area contributed by atoms with Crippen LogP contribution in [0.5, 0.6) is 0 Å². The molecule has 0 spiro atoms. The van der Waals surface area contributed by atoms with E-state index in [1.54, 1.807) is 6.07 Å². The molecule has 5 heteroatoms. The van der Waals surface area contributed by atoms with Crippen LogP contribution in [0.1, 0.15) is 55.3 Å². The molecule has 1 heterocycles. The fraction of sp³-hybridized carbons (Fsp3) is 0.692. The van der Waals surface area contributed by atoms with Crippen LogP contribution in [0.4, 0.5) is 0 Å². The van der Waals surface area contributed by atoms with E-state index in [9.17, 15) is 4.79 Å². The Bertz CT molecular complexity index is 395. The first-order chi connectivity index (χ1) is 8.69. The normalized spacial score (nSPS) is 23.9. The van der Waals surface area contributed by atoms with Crippen LogP contribution in [0.3, 0.4) is 0 Å². The molecule has 0 unspecified atom stereocenters. The number of nitrogens with zero attached hydrogens (tertiary/aromatic N) is 1. The maximum absolute atomic E-state index is 11.9. The van der Waals surface area contributed by atoms with Crippen LogP contribution in [0, 0.1) is 0 Å². The molecule has 1 aliphatic rings. The van der Waals surface area contributed by atoms with Gasteiger partial charge in [0.1, 0.15) is 5.76 Å². The first-order valence-corrected chi connectivity index (χ1v) is 6.71. The highest BCUT2D eigenvalue weighted by atomic mass is 16.5. The molecule has 5 nitrogen and oxygen atoms in total.